The van der Waals surface area contributed by atoms with Gasteiger partial charge in [0.15, 0.2) is 0 Å². The first-order chi connectivity index (χ1) is 11.6. The van der Waals surface area contributed by atoms with Crippen molar-refractivity contribution in [2.75, 3.05) is 0 Å². The summed E-state index contributed by atoms with van der Waals surface area (Å²) in [6, 6.07) is 18.0. The van der Waals surface area contributed by atoms with Crippen LogP contribution in [0.4, 0.5) is 0 Å². The molecule has 0 bridgehead atoms. The molecule has 2 aliphatic carbocycles. The maximum Gasteiger partial charge on any atom is -0.147 e. The maximum absolute atomic E-state index is 2.78. The number of fused-ring (bicyclic) bond motifs is 2. The molecule has 2 unspecified atom stereocenters. The van der Waals surface area contributed by atoms with Crippen molar-refractivity contribution < 1.29 is 19.8 Å². The summed E-state index contributed by atoms with van der Waals surface area (Å²) >= 11 is -2.68. The first-order valence-corrected chi connectivity index (χ1v) is 15.7. The van der Waals surface area contributed by atoms with Gasteiger partial charge in [-0.15, -0.1) is 24.8 Å². The van der Waals surface area contributed by atoms with Crippen molar-refractivity contribution in [3.8, 4) is 0 Å². The van der Waals surface area contributed by atoms with Crippen molar-refractivity contribution in [1.29, 1.82) is 0 Å². The van der Waals surface area contributed by atoms with E-state index in [1.165, 1.54) is 11.1 Å². The summed E-state index contributed by atoms with van der Waals surface area (Å²) < 4.78 is 6.71. The van der Waals surface area contributed by atoms with E-state index in [-0.39, 0.29) is 24.8 Å². The van der Waals surface area contributed by atoms with E-state index in [1.807, 2.05) is 0 Å². The van der Waals surface area contributed by atoms with Crippen LogP contribution in [0.25, 0.3) is 12.2 Å². The molecule has 26 heavy (non-hydrogen) atoms. The van der Waals surface area contributed by atoms with Crippen molar-refractivity contribution in [2.24, 2.45) is 5.92 Å². The molecule has 2 aliphatic rings. The Morgan fingerprint density at radius 2 is 1.19 bits per heavy atom. The second-order valence-electron chi connectivity index (χ2n) is 7.71. The molecule has 0 fully saturated rings. The maximum atomic E-state index is 2.78. The van der Waals surface area contributed by atoms with Crippen LogP contribution in [0.3, 0.4) is 0 Å². The predicted octanol–water partition coefficient (Wildman–Crippen LogP) is 7.03. The first kappa shape index (κ1) is 21.6. The Hall–Kier alpha value is -0.747. The number of allylic oxidation sites excluding steroid dienone is 2. The van der Waals surface area contributed by atoms with Crippen LogP contribution in [0.5, 0.6) is 0 Å². The summed E-state index contributed by atoms with van der Waals surface area (Å²) in [5.74, 6) is 0.646. The minimum absolute atomic E-state index is 0. The second kappa shape index (κ2) is 8.51. The molecule has 0 nitrogen and oxygen atoms in total. The Kier molecular flexibility index (Phi) is 7.05. The van der Waals surface area contributed by atoms with Crippen LogP contribution < -0.4 is 0 Å². The van der Waals surface area contributed by atoms with Gasteiger partial charge >= 0.3 is 150 Å². The van der Waals surface area contributed by atoms with Gasteiger partial charge in [0.05, 0.1) is 0 Å². The van der Waals surface area contributed by atoms with Gasteiger partial charge in [0.2, 0.25) is 0 Å². The number of rotatable bonds is 3. The van der Waals surface area contributed by atoms with E-state index in [9.17, 15) is 0 Å². The molecule has 0 amide bonds. The third kappa shape index (κ3) is 3.64. The van der Waals surface area contributed by atoms with E-state index < -0.39 is 19.8 Å². The molecule has 2 aromatic carbocycles. The van der Waals surface area contributed by atoms with E-state index in [0.29, 0.717) is 13.2 Å². The first-order valence-electron chi connectivity index (χ1n) is 9.00. The van der Waals surface area contributed by atoms with Gasteiger partial charge < -0.3 is 0 Å². The molecule has 0 saturated heterocycles. The minimum atomic E-state index is -2.68. The Morgan fingerprint density at radius 3 is 1.62 bits per heavy atom. The Balaban J connectivity index is 0.00000121. The number of benzene rings is 2. The van der Waals surface area contributed by atoms with E-state index in [4.69, 9.17) is 0 Å². The average molecular weight is 466 g/mol. The third-order valence-electron chi connectivity index (χ3n) is 5.63. The van der Waals surface area contributed by atoms with E-state index in [0.717, 1.165) is 0 Å². The topological polar surface area (TPSA) is 0 Å². The van der Waals surface area contributed by atoms with Crippen molar-refractivity contribution in [3.63, 3.8) is 0 Å². The summed E-state index contributed by atoms with van der Waals surface area (Å²) in [6.07, 6.45) is 9.73. The quantitative estimate of drug-likeness (QED) is 0.457. The number of hydrogen-bond acceptors (Lipinski definition) is 0. The molecule has 0 aliphatic heterocycles. The van der Waals surface area contributed by atoms with Crippen LogP contribution in [0.2, 0.25) is 4.63 Å². The third-order valence-corrected chi connectivity index (χ3v) is 18.1. The molecular weight excluding hydrogens is 438 g/mol. The zero-order valence-corrected chi connectivity index (χ0v) is 19.6. The van der Waals surface area contributed by atoms with Gasteiger partial charge in [-0.2, -0.15) is 0 Å². The SMILES string of the molecule is CC(C)[CH]=[Zr]([CH3])([CH]1C=Cc2ccccc21)[CH]1C=Cc2ccccc21.Cl.Cl. The van der Waals surface area contributed by atoms with Gasteiger partial charge in [-0.3, -0.25) is 0 Å². The summed E-state index contributed by atoms with van der Waals surface area (Å²) in [6.45, 7) is 4.70. The molecule has 0 aromatic heterocycles. The van der Waals surface area contributed by atoms with Gasteiger partial charge in [0, 0.05) is 0 Å². The summed E-state index contributed by atoms with van der Waals surface area (Å²) in [7, 11) is 0. The van der Waals surface area contributed by atoms with Crippen LogP contribution in [0.1, 0.15) is 43.4 Å². The zero-order chi connectivity index (χ0) is 16.7. The van der Waals surface area contributed by atoms with Crippen LogP contribution >= 0.6 is 24.8 Å². The molecule has 0 radical (unpaired) electrons. The smallest absolute Gasteiger partial charge is 0.147 e. The Bertz CT molecular complexity index is 827. The van der Waals surface area contributed by atoms with Crippen LogP contribution in [-0.2, 0) is 19.8 Å². The summed E-state index contributed by atoms with van der Waals surface area (Å²) in [5, 5.41) is 0. The van der Waals surface area contributed by atoms with Gasteiger partial charge in [-0.1, -0.05) is 0 Å². The van der Waals surface area contributed by atoms with E-state index in [1.54, 1.807) is 11.1 Å². The molecule has 0 saturated carbocycles. The van der Waals surface area contributed by atoms with Crippen molar-refractivity contribution in [1.82, 2.24) is 0 Å². The fourth-order valence-electron chi connectivity index (χ4n) is 4.70. The van der Waals surface area contributed by atoms with Gasteiger partial charge in [0.25, 0.3) is 0 Å². The molecular formula is C23H27Cl2Zr. The number of hydrogen-bond donors (Lipinski definition) is 0. The van der Waals surface area contributed by atoms with Crippen LogP contribution in [-0.4, -0.2) is 3.71 Å². The largest absolute Gasteiger partial charge is 0.147 e. The molecule has 2 aromatic rings. The standard InChI is InChI=1S/2C9H7.C4H8.CH3.2ClH.Zr/c2*1-2-5-9-7-3-6-8(9)4-1;1-4(2)3;;;;/h2*1-7H;1,4H,2-3H3;1H3;2*1H;. The molecule has 4 rings (SSSR count). The fraction of sp³-hybridized carbons (Fsp3) is 0.261. The van der Waals surface area contributed by atoms with Gasteiger partial charge in [-0.25, -0.2) is 0 Å². The molecule has 0 N–H and O–H groups in total. The molecule has 137 valence electrons. The molecule has 0 heterocycles. The van der Waals surface area contributed by atoms with Gasteiger partial charge in [0.1, 0.15) is 0 Å². The summed E-state index contributed by atoms with van der Waals surface area (Å²) in [5.41, 5.74) is 5.98. The van der Waals surface area contributed by atoms with Gasteiger partial charge in [-0.05, 0) is 0 Å². The molecule has 3 heteroatoms. The Labute approximate surface area is 174 Å². The summed E-state index contributed by atoms with van der Waals surface area (Å²) in [4.78, 5) is 0. The van der Waals surface area contributed by atoms with E-state index >= 15 is 0 Å². The fourth-order valence-corrected chi connectivity index (χ4v) is 17.3. The number of halogens is 2. The average Bonchev–Trinajstić information content (AvgIpc) is 3.19. The Morgan fingerprint density at radius 1 is 0.769 bits per heavy atom. The predicted molar refractivity (Wildman–Crippen MR) is 118 cm³/mol. The van der Waals surface area contributed by atoms with E-state index in [2.05, 4.69) is 95.0 Å². The van der Waals surface area contributed by atoms with Crippen molar-refractivity contribution >= 4 is 40.7 Å². The monoisotopic (exact) mass is 463 g/mol. The normalized spacial score (nSPS) is 21.4. The van der Waals surface area contributed by atoms with Crippen LogP contribution in [0.15, 0.2) is 60.7 Å². The zero-order valence-electron chi connectivity index (χ0n) is 15.6. The van der Waals surface area contributed by atoms with Crippen LogP contribution in [0, 0.1) is 5.92 Å². The molecule has 0 spiro atoms. The van der Waals surface area contributed by atoms with Crippen molar-refractivity contribution in [3.05, 3.63) is 82.9 Å². The second-order valence-corrected chi connectivity index (χ2v) is 18.3. The minimum Gasteiger partial charge on any atom is -0.147 e. The molecule has 2 atom stereocenters. The van der Waals surface area contributed by atoms with Crippen molar-refractivity contribution in [2.45, 2.75) is 25.7 Å².